The molecule has 0 saturated heterocycles. The molecular weight excluding hydrogens is 429 g/mol. The third-order valence-corrected chi connectivity index (χ3v) is 4.78. The first-order valence-corrected chi connectivity index (χ1v) is 8.45. The van der Waals surface area contributed by atoms with Crippen molar-refractivity contribution >= 4 is 40.1 Å². The Morgan fingerprint density at radius 2 is 1.96 bits per heavy atom. The van der Waals surface area contributed by atoms with E-state index < -0.39 is 0 Å². The van der Waals surface area contributed by atoms with Crippen molar-refractivity contribution in [3.05, 3.63) is 56.6 Å². The van der Waals surface area contributed by atoms with E-state index in [-0.39, 0.29) is 5.91 Å². The van der Waals surface area contributed by atoms with E-state index in [9.17, 15) is 4.79 Å². The van der Waals surface area contributed by atoms with E-state index in [2.05, 4.69) is 22.6 Å². The van der Waals surface area contributed by atoms with Crippen LogP contribution >= 0.6 is 34.2 Å². The number of hydrogen-bond donors (Lipinski definition) is 0. The van der Waals surface area contributed by atoms with Crippen LogP contribution in [0.3, 0.4) is 0 Å². The van der Waals surface area contributed by atoms with Gasteiger partial charge in [0.25, 0.3) is 5.91 Å². The number of benzene rings is 2. The van der Waals surface area contributed by atoms with Crippen LogP contribution in [0.25, 0.3) is 0 Å². The molecule has 0 atom stereocenters. The SMILES string of the molecule is COc1cc(I)c(Cl)cc1C(=O)N(C)CCOc1ccccc1. The molecule has 0 saturated carbocycles. The highest BCUT2D eigenvalue weighted by Gasteiger charge is 2.18. The second-order valence-corrected chi connectivity index (χ2v) is 6.42. The van der Waals surface area contributed by atoms with Gasteiger partial charge in [-0.25, -0.2) is 0 Å². The van der Waals surface area contributed by atoms with Gasteiger partial charge in [0.1, 0.15) is 18.1 Å². The van der Waals surface area contributed by atoms with Gasteiger partial charge in [-0.1, -0.05) is 29.8 Å². The van der Waals surface area contributed by atoms with Crippen LogP contribution in [0.1, 0.15) is 10.4 Å². The summed E-state index contributed by atoms with van der Waals surface area (Å²) in [5, 5.41) is 0.531. The molecular formula is C17H17ClINO3. The predicted octanol–water partition coefficient (Wildman–Crippen LogP) is 4.10. The number of hydrogen-bond acceptors (Lipinski definition) is 3. The normalized spacial score (nSPS) is 10.3. The summed E-state index contributed by atoms with van der Waals surface area (Å²) in [4.78, 5) is 14.1. The molecule has 4 nitrogen and oxygen atoms in total. The second kappa shape index (κ2) is 8.40. The van der Waals surface area contributed by atoms with Crippen LogP contribution in [-0.2, 0) is 0 Å². The highest BCUT2D eigenvalue weighted by Crippen LogP contribution is 2.29. The monoisotopic (exact) mass is 445 g/mol. The van der Waals surface area contributed by atoms with Crippen molar-refractivity contribution < 1.29 is 14.3 Å². The number of carbonyl (C=O) groups is 1. The molecule has 122 valence electrons. The Morgan fingerprint density at radius 1 is 1.26 bits per heavy atom. The maximum atomic E-state index is 12.6. The highest BCUT2D eigenvalue weighted by atomic mass is 127. The Bertz CT molecular complexity index is 679. The summed E-state index contributed by atoms with van der Waals surface area (Å²) < 4.78 is 11.7. The Kier molecular flexibility index (Phi) is 6.53. The first-order valence-electron chi connectivity index (χ1n) is 6.99. The Labute approximate surface area is 154 Å². The number of ether oxygens (including phenoxy) is 2. The molecule has 2 rings (SSSR count). The Morgan fingerprint density at radius 3 is 2.61 bits per heavy atom. The topological polar surface area (TPSA) is 38.8 Å². The molecule has 0 radical (unpaired) electrons. The summed E-state index contributed by atoms with van der Waals surface area (Å²) in [6, 6.07) is 12.9. The molecule has 0 aromatic heterocycles. The van der Waals surface area contributed by atoms with E-state index in [0.717, 1.165) is 9.32 Å². The van der Waals surface area contributed by atoms with Gasteiger partial charge >= 0.3 is 0 Å². The number of para-hydroxylation sites is 1. The van der Waals surface area contributed by atoms with Crippen LogP contribution < -0.4 is 9.47 Å². The smallest absolute Gasteiger partial charge is 0.257 e. The molecule has 1 amide bonds. The van der Waals surface area contributed by atoms with Gasteiger partial charge in [0.15, 0.2) is 0 Å². The fraction of sp³-hybridized carbons (Fsp3) is 0.235. The van der Waals surface area contributed by atoms with Crippen LogP contribution in [-0.4, -0.2) is 38.1 Å². The summed E-state index contributed by atoms with van der Waals surface area (Å²) in [6.07, 6.45) is 0. The molecule has 0 unspecified atom stereocenters. The van der Waals surface area contributed by atoms with Gasteiger partial charge in [0.05, 0.1) is 24.2 Å². The third kappa shape index (κ3) is 4.75. The van der Waals surface area contributed by atoms with Gasteiger partial charge in [-0.2, -0.15) is 0 Å². The zero-order chi connectivity index (χ0) is 16.8. The molecule has 0 aliphatic carbocycles. The van der Waals surface area contributed by atoms with Crippen LogP contribution in [0.15, 0.2) is 42.5 Å². The molecule has 2 aromatic carbocycles. The standard InChI is InChI=1S/C17H17ClINO3/c1-20(8-9-23-12-6-4-3-5-7-12)17(21)13-10-14(18)15(19)11-16(13)22-2/h3-7,10-11H,8-9H2,1-2H3. The molecule has 0 N–H and O–H groups in total. The van der Waals surface area contributed by atoms with Crippen LogP contribution in [0.5, 0.6) is 11.5 Å². The largest absolute Gasteiger partial charge is 0.496 e. The second-order valence-electron chi connectivity index (χ2n) is 4.85. The van der Waals surface area contributed by atoms with Crippen molar-refractivity contribution in [3.63, 3.8) is 0 Å². The van der Waals surface area contributed by atoms with Crippen LogP contribution in [0.2, 0.25) is 5.02 Å². The van der Waals surface area contributed by atoms with Crippen molar-refractivity contribution in [2.75, 3.05) is 27.3 Å². The zero-order valence-corrected chi connectivity index (χ0v) is 15.8. The lowest BCUT2D eigenvalue weighted by atomic mass is 10.1. The minimum atomic E-state index is -0.156. The number of carbonyl (C=O) groups excluding carboxylic acids is 1. The maximum Gasteiger partial charge on any atom is 0.257 e. The number of rotatable bonds is 6. The van der Waals surface area contributed by atoms with Gasteiger partial charge in [-0.3, -0.25) is 4.79 Å². The number of nitrogens with zero attached hydrogens (tertiary/aromatic N) is 1. The molecule has 2 aromatic rings. The molecule has 0 aliphatic rings. The lowest BCUT2D eigenvalue weighted by molar-refractivity contribution is 0.0770. The van der Waals surface area contributed by atoms with Crippen LogP contribution in [0, 0.1) is 3.57 Å². The molecule has 23 heavy (non-hydrogen) atoms. The first kappa shape index (κ1) is 17.9. The summed E-state index contributed by atoms with van der Waals surface area (Å²) in [5.74, 6) is 1.14. The van der Waals surface area contributed by atoms with Gasteiger partial charge in [-0.05, 0) is 46.9 Å². The minimum absolute atomic E-state index is 0.156. The van der Waals surface area contributed by atoms with Crippen molar-refractivity contribution in [2.45, 2.75) is 0 Å². The fourth-order valence-electron chi connectivity index (χ4n) is 1.99. The average Bonchev–Trinajstić information content (AvgIpc) is 2.57. The van der Waals surface area contributed by atoms with Crippen molar-refractivity contribution in [1.29, 1.82) is 0 Å². The van der Waals surface area contributed by atoms with Crippen molar-refractivity contribution in [3.8, 4) is 11.5 Å². The van der Waals surface area contributed by atoms with E-state index in [1.54, 1.807) is 24.1 Å². The number of halogens is 2. The van der Waals surface area contributed by atoms with Gasteiger partial charge in [0, 0.05) is 10.6 Å². The van der Waals surface area contributed by atoms with Crippen LogP contribution in [0.4, 0.5) is 0 Å². The zero-order valence-electron chi connectivity index (χ0n) is 12.9. The summed E-state index contributed by atoms with van der Waals surface area (Å²) >= 11 is 8.22. The predicted molar refractivity (Wildman–Crippen MR) is 99.6 cm³/mol. The number of methoxy groups -OCH3 is 1. The van der Waals surface area contributed by atoms with Gasteiger partial charge in [0.2, 0.25) is 0 Å². The van der Waals surface area contributed by atoms with E-state index in [0.29, 0.717) is 29.5 Å². The molecule has 0 fully saturated rings. The van der Waals surface area contributed by atoms with Gasteiger partial charge < -0.3 is 14.4 Å². The summed E-state index contributed by atoms with van der Waals surface area (Å²) in [6.45, 7) is 0.868. The summed E-state index contributed by atoms with van der Waals surface area (Å²) in [7, 11) is 3.26. The van der Waals surface area contributed by atoms with Gasteiger partial charge in [-0.15, -0.1) is 0 Å². The lowest BCUT2D eigenvalue weighted by Crippen LogP contribution is -2.31. The maximum absolute atomic E-state index is 12.6. The first-order chi connectivity index (χ1) is 11.0. The molecule has 0 aliphatic heterocycles. The molecule has 6 heteroatoms. The van der Waals surface area contributed by atoms with E-state index in [1.807, 2.05) is 30.3 Å². The molecule has 0 spiro atoms. The number of likely N-dealkylation sites (N-methyl/N-ethyl adjacent to an activating group) is 1. The third-order valence-electron chi connectivity index (χ3n) is 3.26. The summed E-state index contributed by atoms with van der Waals surface area (Å²) in [5.41, 5.74) is 0.445. The average molecular weight is 446 g/mol. The van der Waals surface area contributed by atoms with E-state index in [4.69, 9.17) is 21.1 Å². The number of amides is 1. The molecule has 0 bridgehead atoms. The lowest BCUT2D eigenvalue weighted by Gasteiger charge is -2.19. The van der Waals surface area contributed by atoms with E-state index >= 15 is 0 Å². The quantitative estimate of drug-likeness (QED) is 0.628. The molecule has 0 heterocycles. The Balaban J connectivity index is 2.01. The Hall–Kier alpha value is -1.47. The highest BCUT2D eigenvalue weighted by molar-refractivity contribution is 14.1. The minimum Gasteiger partial charge on any atom is -0.496 e. The van der Waals surface area contributed by atoms with E-state index in [1.165, 1.54) is 7.11 Å². The van der Waals surface area contributed by atoms with Crippen molar-refractivity contribution in [1.82, 2.24) is 4.90 Å². The fourth-order valence-corrected chi connectivity index (χ4v) is 2.59. The van der Waals surface area contributed by atoms with Crippen molar-refractivity contribution in [2.24, 2.45) is 0 Å².